The van der Waals surface area contributed by atoms with Crippen molar-refractivity contribution in [2.24, 2.45) is 0 Å². The number of aliphatic carboxylic acids is 1. The number of carboxylic acids is 1. The number of hydrogen-bond donors (Lipinski definition) is 3. The second-order valence-electron chi connectivity index (χ2n) is 10.2. The minimum Gasteiger partial charge on any atom is -0.480 e. The normalized spacial score (nSPS) is 25.3. The van der Waals surface area contributed by atoms with Crippen LogP contribution in [0.5, 0.6) is 0 Å². The van der Waals surface area contributed by atoms with Crippen LogP contribution < -0.4 is 16.2 Å². The standard InChI is InChI=1S/C26H35N5O4/c32-23(27-16-24(33)34)15-28-25-26(35)31(20-11-7-6-10-19(20)29-25)22-14-18-12-13-21(22)30(18)17-8-4-2-1-3-5-9-17/h6-7,10-11,17-18,21-22H,1-5,8-9,12-16H2,(H,27,32)(H,28,29)(H,33,34)/t18-,21?,22+/m0/s1. The zero-order valence-electron chi connectivity index (χ0n) is 20.1. The number of aromatic nitrogens is 2. The highest BCUT2D eigenvalue weighted by Crippen LogP contribution is 2.47. The summed E-state index contributed by atoms with van der Waals surface area (Å²) in [5.41, 5.74) is 1.32. The lowest BCUT2D eigenvalue weighted by molar-refractivity contribution is -0.137. The molecule has 0 spiro atoms. The molecule has 1 saturated carbocycles. The molecule has 2 saturated heterocycles. The molecule has 1 unspecified atom stereocenters. The molecule has 35 heavy (non-hydrogen) atoms. The fourth-order valence-corrected chi connectivity index (χ4v) is 6.58. The molecule has 0 radical (unpaired) electrons. The number of benzene rings is 1. The Kier molecular flexibility index (Phi) is 7.04. The molecule has 9 heteroatoms. The Balaban J connectivity index is 1.42. The molecule has 1 amide bonds. The van der Waals surface area contributed by atoms with Gasteiger partial charge in [0.1, 0.15) is 6.54 Å². The molecule has 5 rings (SSSR count). The van der Waals surface area contributed by atoms with Gasteiger partial charge in [-0.3, -0.25) is 23.9 Å². The molecule has 9 nitrogen and oxygen atoms in total. The van der Waals surface area contributed by atoms with Gasteiger partial charge in [-0.25, -0.2) is 4.98 Å². The zero-order chi connectivity index (χ0) is 24.4. The predicted molar refractivity (Wildman–Crippen MR) is 134 cm³/mol. The molecule has 1 aromatic heterocycles. The summed E-state index contributed by atoms with van der Waals surface area (Å²) < 4.78 is 1.92. The van der Waals surface area contributed by atoms with E-state index in [0.29, 0.717) is 23.6 Å². The Morgan fingerprint density at radius 2 is 1.69 bits per heavy atom. The van der Waals surface area contributed by atoms with Crippen LogP contribution in [0.2, 0.25) is 0 Å². The van der Waals surface area contributed by atoms with Crippen LogP contribution in [-0.2, 0) is 9.59 Å². The van der Waals surface area contributed by atoms with Crippen molar-refractivity contribution in [1.29, 1.82) is 0 Å². The van der Waals surface area contributed by atoms with Crippen LogP contribution in [0.15, 0.2) is 29.1 Å². The summed E-state index contributed by atoms with van der Waals surface area (Å²) >= 11 is 0. The maximum absolute atomic E-state index is 13.7. The number of nitrogens with one attached hydrogen (secondary N) is 2. The van der Waals surface area contributed by atoms with Crippen molar-refractivity contribution in [3.8, 4) is 0 Å². The lowest BCUT2D eigenvalue weighted by Crippen LogP contribution is -2.42. The van der Waals surface area contributed by atoms with Crippen molar-refractivity contribution in [2.75, 3.05) is 18.4 Å². The second kappa shape index (κ2) is 10.4. The van der Waals surface area contributed by atoms with Gasteiger partial charge in [0.2, 0.25) is 5.91 Å². The molecule has 1 aromatic carbocycles. The van der Waals surface area contributed by atoms with Crippen molar-refractivity contribution in [1.82, 2.24) is 19.8 Å². The van der Waals surface area contributed by atoms with Crippen molar-refractivity contribution < 1.29 is 14.7 Å². The largest absolute Gasteiger partial charge is 0.480 e. The van der Waals surface area contributed by atoms with Gasteiger partial charge in [0, 0.05) is 18.1 Å². The van der Waals surface area contributed by atoms with E-state index in [9.17, 15) is 14.4 Å². The van der Waals surface area contributed by atoms with E-state index in [1.165, 1.54) is 51.4 Å². The molecule has 2 bridgehead atoms. The van der Waals surface area contributed by atoms with Gasteiger partial charge in [-0.15, -0.1) is 0 Å². The maximum atomic E-state index is 13.7. The zero-order valence-corrected chi connectivity index (χ0v) is 20.1. The van der Waals surface area contributed by atoms with Crippen LogP contribution >= 0.6 is 0 Å². The SMILES string of the molecule is O=C(O)CNC(=O)CNc1nc2ccccc2n([C@@H]2C[C@@H]3CCC2N3C2CCCCCCC2)c1=O. The number of nitrogens with zero attached hydrogens (tertiary/aromatic N) is 3. The Hall–Kier alpha value is -2.94. The Bertz CT molecular complexity index is 1140. The topological polar surface area (TPSA) is 117 Å². The van der Waals surface area contributed by atoms with Gasteiger partial charge in [0.15, 0.2) is 5.82 Å². The number of carboxylic acid groups (broad SMARTS) is 1. The number of rotatable bonds is 7. The van der Waals surface area contributed by atoms with Gasteiger partial charge in [0.25, 0.3) is 5.56 Å². The van der Waals surface area contributed by atoms with Gasteiger partial charge >= 0.3 is 5.97 Å². The first-order chi connectivity index (χ1) is 17.0. The van der Waals surface area contributed by atoms with Crippen LogP contribution in [-0.4, -0.2) is 62.6 Å². The van der Waals surface area contributed by atoms with Crippen LogP contribution in [0.1, 0.15) is 70.3 Å². The summed E-state index contributed by atoms with van der Waals surface area (Å²) in [6.07, 6.45) is 12.4. The Morgan fingerprint density at radius 3 is 2.46 bits per heavy atom. The van der Waals surface area contributed by atoms with Crippen LogP contribution in [0.25, 0.3) is 11.0 Å². The molecule has 3 fully saturated rings. The third kappa shape index (κ3) is 4.91. The number of carbonyl (C=O) groups excluding carboxylic acids is 1. The highest BCUT2D eigenvalue weighted by Gasteiger charge is 2.50. The molecule has 1 aliphatic carbocycles. The predicted octanol–water partition coefficient (Wildman–Crippen LogP) is 2.90. The number of carbonyl (C=O) groups is 2. The summed E-state index contributed by atoms with van der Waals surface area (Å²) in [7, 11) is 0. The lowest BCUT2D eigenvalue weighted by Gasteiger charge is -2.34. The molecular weight excluding hydrogens is 446 g/mol. The van der Waals surface area contributed by atoms with E-state index in [-0.39, 0.29) is 24.0 Å². The fourth-order valence-electron chi connectivity index (χ4n) is 6.58. The van der Waals surface area contributed by atoms with Gasteiger partial charge in [0.05, 0.1) is 23.6 Å². The van der Waals surface area contributed by atoms with Crippen molar-refractivity contribution in [3.05, 3.63) is 34.6 Å². The van der Waals surface area contributed by atoms with Crippen molar-refractivity contribution in [3.63, 3.8) is 0 Å². The molecular formula is C26H35N5O4. The Morgan fingerprint density at radius 1 is 0.943 bits per heavy atom. The summed E-state index contributed by atoms with van der Waals surface area (Å²) in [6.45, 7) is -0.670. The third-order valence-corrected chi connectivity index (χ3v) is 8.03. The smallest absolute Gasteiger partial charge is 0.322 e. The summed E-state index contributed by atoms with van der Waals surface area (Å²) in [5, 5.41) is 13.9. The number of amides is 1. The minimum absolute atomic E-state index is 0.0842. The van der Waals surface area contributed by atoms with Crippen molar-refractivity contribution >= 4 is 28.7 Å². The summed E-state index contributed by atoms with van der Waals surface area (Å²) in [6, 6.07) is 9.24. The van der Waals surface area contributed by atoms with E-state index in [1.54, 1.807) is 0 Å². The van der Waals surface area contributed by atoms with E-state index in [1.807, 2.05) is 28.8 Å². The summed E-state index contributed by atoms with van der Waals surface area (Å²) in [5.74, 6) is -1.48. The molecule has 3 atom stereocenters. The van der Waals surface area contributed by atoms with Crippen LogP contribution in [0.3, 0.4) is 0 Å². The van der Waals surface area contributed by atoms with Crippen LogP contribution in [0, 0.1) is 0 Å². The second-order valence-corrected chi connectivity index (χ2v) is 10.2. The van der Waals surface area contributed by atoms with Gasteiger partial charge in [-0.2, -0.15) is 0 Å². The van der Waals surface area contributed by atoms with Gasteiger partial charge in [-0.05, 0) is 44.2 Å². The number of hydrogen-bond acceptors (Lipinski definition) is 6. The average molecular weight is 482 g/mol. The molecule has 2 aliphatic heterocycles. The molecule has 3 aliphatic rings. The van der Waals surface area contributed by atoms with Gasteiger partial charge < -0.3 is 15.7 Å². The van der Waals surface area contributed by atoms with Crippen LogP contribution in [0.4, 0.5) is 5.82 Å². The number of anilines is 1. The average Bonchev–Trinajstić information content (AvgIpc) is 3.39. The van der Waals surface area contributed by atoms with E-state index < -0.39 is 18.4 Å². The molecule has 3 heterocycles. The first-order valence-corrected chi connectivity index (χ1v) is 13.0. The first kappa shape index (κ1) is 23.8. The van der Waals surface area contributed by atoms with Crippen molar-refractivity contribution in [2.45, 2.75) is 88.4 Å². The van der Waals surface area contributed by atoms with Gasteiger partial charge in [-0.1, -0.05) is 44.2 Å². The molecule has 188 valence electrons. The fraction of sp³-hybridized carbons (Fsp3) is 0.615. The first-order valence-electron chi connectivity index (χ1n) is 13.0. The monoisotopic (exact) mass is 481 g/mol. The van der Waals surface area contributed by atoms with E-state index in [0.717, 1.165) is 18.4 Å². The summed E-state index contributed by atoms with van der Waals surface area (Å²) in [4.78, 5) is 43.7. The molecule has 3 N–H and O–H groups in total. The highest BCUT2D eigenvalue weighted by atomic mass is 16.4. The van der Waals surface area contributed by atoms with E-state index in [4.69, 9.17) is 5.11 Å². The molecule has 2 aromatic rings. The van der Waals surface area contributed by atoms with E-state index in [2.05, 4.69) is 20.5 Å². The number of fused-ring (bicyclic) bond motifs is 3. The maximum Gasteiger partial charge on any atom is 0.322 e. The van der Waals surface area contributed by atoms with E-state index >= 15 is 0 Å². The highest BCUT2D eigenvalue weighted by molar-refractivity contribution is 5.84. The third-order valence-electron chi connectivity index (χ3n) is 8.03. The quantitative estimate of drug-likeness (QED) is 0.557. The number of para-hydroxylation sites is 2. The minimum atomic E-state index is -1.12. The Labute approximate surface area is 204 Å². The lowest BCUT2D eigenvalue weighted by atomic mass is 9.94.